The van der Waals surface area contributed by atoms with Crippen molar-refractivity contribution in [3.8, 4) is 0 Å². The fourth-order valence-corrected chi connectivity index (χ4v) is 4.41. The topological polar surface area (TPSA) is 39.7 Å². The van der Waals surface area contributed by atoms with Crippen molar-refractivity contribution in [3.05, 3.63) is 0 Å². The fraction of sp³-hybridized carbons (Fsp3) is 0.944. The highest BCUT2D eigenvalue weighted by atomic mass is 127. The third-order valence-electron chi connectivity index (χ3n) is 6.11. The molecule has 0 amide bonds. The normalized spacial score (nSPS) is 33.7. The molecule has 4 unspecified atom stereocenters. The molecule has 1 heterocycles. The van der Waals surface area contributed by atoms with Gasteiger partial charge in [0.15, 0.2) is 5.96 Å². The second kappa shape index (κ2) is 9.30. The van der Waals surface area contributed by atoms with Crippen LogP contribution >= 0.6 is 24.0 Å². The number of hydrogen-bond acceptors (Lipinski definition) is 2. The zero-order valence-electron chi connectivity index (χ0n) is 15.7. The van der Waals surface area contributed by atoms with Gasteiger partial charge in [0.1, 0.15) is 0 Å². The lowest BCUT2D eigenvalue weighted by atomic mass is 9.79. The van der Waals surface area contributed by atoms with Crippen LogP contribution in [0.25, 0.3) is 0 Å². The number of rotatable bonds is 4. The number of nitrogens with one attached hydrogen (secondary N) is 2. The highest BCUT2D eigenvalue weighted by Gasteiger charge is 2.45. The standard InChI is InChI=1S/C18H31F3N4.HI/c1-12-10-25(14-7-8-14)11-16(12)24-17(22-2)23-9-13-5-3-4-6-15(13)18(19,20)21;/h12-16H,3-11H2,1-2H3,(H2,22,23,24);1H. The summed E-state index contributed by atoms with van der Waals surface area (Å²) in [4.78, 5) is 6.76. The first-order valence-corrected chi connectivity index (χ1v) is 9.66. The summed E-state index contributed by atoms with van der Waals surface area (Å²) in [7, 11) is 1.69. The Morgan fingerprint density at radius 2 is 1.81 bits per heavy atom. The van der Waals surface area contributed by atoms with Gasteiger partial charge in [-0.3, -0.25) is 9.89 Å². The van der Waals surface area contributed by atoms with E-state index in [1.807, 2.05) is 0 Å². The number of aliphatic imine (C=N–C) groups is 1. The molecule has 3 aliphatic rings. The van der Waals surface area contributed by atoms with Crippen molar-refractivity contribution in [3.63, 3.8) is 0 Å². The molecule has 0 aromatic carbocycles. The van der Waals surface area contributed by atoms with Gasteiger partial charge in [0.2, 0.25) is 0 Å². The maximum atomic E-state index is 13.2. The summed E-state index contributed by atoms with van der Waals surface area (Å²) in [6, 6.07) is 1.07. The molecule has 4 nitrogen and oxygen atoms in total. The van der Waals surface area contributed by atoms with E-state index in [1.54, 1.807) is 7.05 Å². The summed E-state index contributed by atoms with van der Waals surface area (Å²) in [6.07, 6.45) is 0.987. The lowest BCUT2D eigenvalue weighted by molar-refractivity contribution is -0.195. The molecular formula is C18H32F3IN4. The molecule has 3 rings (SSSR count). The first-order chi connectivity index (χ1) is 11.9. The summed E-state index contributed by atoms with van der Waals surface area (Å²) >= 11 is 0. The fourth-order valence-electron chi connectivity index (χ4n) is 4.41. The highest BCUT2D eigenvalue weighted by Crippen LogP contribution is 2.41. The Morgan fingerprint density at radius 3 is 2.42 bits per heavy atom. The molecule has 1 aliphatic heterocycles. The summed E-state index contributed by atoms with van der Waals surface area (Å²) in [6.45, 7) is 4.67. The van der Waals surface area contributed by atoms with Gasteiger partial charge in [0, 0.05) is 38.8 Å². The number of guanidine groups is 1. The third kappa shape index (κ3) is 5.62. The van der Waals surface area contributed by atoms with Crippen LogP contribution in [0.5, 0.6) is 0 Å². The van der Waals surface area contributed by atoms with Crippen LogP contribution in [0.15, 0.2) is 4.99 Å². The Hall–Kier alpha value is -0.250. The van der Waals surface area contributed by atoms with Crippen molar-refractivity contribution < 1.29 is 13.2 Å². The Kier molecular flexibility index (Phi) is 7.88. The van der Waals surface area contributed by atoms with Gasteiger partial charge in [0.25, 0.3) is 0 Å². The van der Waals surface area contributed by atoms with E-state index in [0.29, 0.717) is 37.3 Å². The van der Waals surface area contributed by atoms with Crippen LogP contribution < -0.4 is 10.6 Å². The van der Waals surface area contributed by atoms with Crippen molar-refractivity contribution in [2.45, 2.75) is 63.7 Å². The van der Waals surface area contributed by atoms with E-state index in [9.17, 15) is 13.2 Å². The molecule has 2 saturated carbocycles. The maximum Gasteiger partial charge on any atom is 0.392 e. The predicted molar refractivity (Wildman–Crippen MR) is 109 cm³/mol. The van der Waals surface area contributed by atoms with E-state index in [2.05, 4.69) is 27.4 Å². The lowest BCUT2D eigenvalue weighted by Gasteiger charge is -2.33. The third-order valence-corrected chi connectivity index (χ3v) is 6.11. The SMILES string of the molecule is CN=C(NCC1CCCCC1C(F)(F)F)NC1CN(C2CC2)CC1C.I. The van der Waals surface area contributed by atoms with E-state index < -0.39 is 12.1 Å². The molecule has 1 saturated heterocycles. The van der Waals surface area contributed by atoms with Crippen LogP contribution in [0.1, 0.15) is 45.4 Å². The molecule has 0 aromatic rings. The molecule has 4 atom stereocenters. The van der Waals surface area contributed by atoms with E-state index in [4.69, 9.17) is 0 Å². The number of alkyl halides is 3. The van der Waals surface area contributed by atoms with Gasteiger partial charge >= 0.3 is 6.18 Å². The van der Waals surface area contributed by atoms with Crippen LogP contribution in [0.4, 0.5) is 13.2 Å². The van der Waals surface area contributed by atoms with Crippen LogP contribution in [0.2, 0.25) is 0 Å². The van der Waals surface area contributed by atoms with E-state index >= 15 is 0 Å². The first kappa shape index (κ1) is 22.0. The molecule has 2 aliphatic carbocycles. The zero-order valence-corrected chi connectivity index (χ0v) is 18.0. The van der Waals surface area contributed by atoms with Crippen molar-refractivity contribution in [2.24, 2.45) is 22.7 Å². The van der Waals surface area contributed by atoms with Crippen molar-refractivity contribution in [1.82, 2.24) is 15.5 Å². The van der Waals surface area contributed by atoms with Crippen LogP contribution in [0, 0.1) is 17.8 Å². The molecule has 0 bridgehead atoms. The van der Waals surface area contributed by atoms with Crippen molar-refractivity contribution >= 4 is 29.9 Å². The first-order valence-electron chi connectivity index (χ1n) is 9.66. The summed E-state index contributed by atoms with van der Waals surface area (Å²) in [5.41, 5.74) is 0. The minimum absolute atomic E-state index is 0. The van der Waals surface area contributed by atoms with Gasteiger partial charge < -0.3 is 10.6 Å². The molecule has 3 fully saturated rings. The van der Waals surface area contributed by atoms with Gasteiger partial charge in [-0.15, -0.1) is 24.0 Å². The minimum atomic E-state index is -4.09. The van der Waals surface area contributed by atoms with E-state index in [1.165, 1.54) is 12.8 Å². The Balaban J connectivity index is 0.00000243. The minimum Gasteiger partial charge on any atom is -0.356 e. The Morgan fingerprint density at radius 1 is 1.12 bits per heavy atom. The molecule has 26 heavy (non-hydrogen) atoms. The molecule has 8 heteroatoms. The molecular weight excluding hydrogens is 456 g/mol. The zero-order chi connectivity index (χ0) is 18.0. The summed E-state index contributed by atoms with van der Waals surface area (Å²) in [5.74, 6) is -0.364. The van der Waals surface area contributed by atoms with E-state index in [-0.39, 0.29) is 36.3 Å². The average molecular weight is 488 g/mol. The molecule has 0 aromatic heterocycles. The van der Waals surface area contributed by atoms with Gasteiger partial charge in [-0.1, -0.05) is 19.8 Å². The smallest absolute Gasteiger partial charge is 0.356 e. The van der Waals surface area contributed by atoms with Gasteiger partial charge in [-0.2, -0.15) is 13.2 Å². The van der Waals surface area contributed by atoms with Crippen LogP contribution in [0.3, 0.4) is 0 Å². The summed E-state index contributed by atoms with van der Waals surface area (Å²) in [5, 5.41) is 6.61. The largest absolute Gasteiger partial charge is 0.392 e. The maximum absolute atomic E-state index is 13.2. The second-order valence-corrected chi connectivity index (χ2v) is 8.06. The Labute approximate surface area is 171 Å². The number of hydrogen-bond donors (Lipinski definition) is 2. The van der Waals surface area contributed by atoms with Crippen molar-refractivity contribution in [1.29, 1.82) is 0 Å². The van der Waals surface area contributed by atoms with Crippen molar-refractivity contribution in [2.75, 3.05) is 26.7 Å². The quantitative estimate of drug-likeness (QED) is 0.361. The molecule has 0 radical (unpaired) electrons. The monoisotopic (exact) mass is 488 g/mol. The lowest BCUT2D eigenvalue weighted by Crippen LogP contribution is -2.49. The second-order valence-electron chi connectivity index (χ2n) is 8.06. The van der Waals surface area contributed by atoms with Crippen LogP contribution in [-0.4, -0.2) is 55.8 Å². The Bertz CT molecular complexity index is 482. The van der Waals surface area contributed by atoms with Gasteiger partial charge in [0.05, 0.1) is 5.92 Å². The number of halogens is 4. The predicted octanol–water partition coefficient (Wildman–Crippen LogP) is 3.62. The van der Waals surface area contributed by atoms with Gasteiger partial charge in [-0.25, -0.2) is 0 Å². The van der Waals surface area contributed by atoms with Gasteiger partial charge in [-0.05, 0) is 37.5 Å². The summed E-state index contributed by atoms with van der Waals surface area (Å²) < 4.78 is 39.7. The molecule has 152 valence electrons. The number of likely N-dealkylation sites (tertiary alicyclic amines) is 1. The average Bonchev–Trinajstić information content (AvgIpc) is 3.35. The molecule has 2 N–H and O–H groups in total. The highest BCUT2D eigenvalue weighted by molar-refractivity contribution is 14.0. The van der Waals surface area contributed by atoms with Crippen LogP contribution in [-0.2, 0) is 0 Å². The molecule has 0 spiro atoms. The van der Waals surface area contributed by atoms with E-state index in [0.717, 1.165) is 25.6 Å². The number of nitrogens with zero attached hydrogens (tertiary/aromatic N) is 2.